The Kier molecular flexibility index (Phi) is 6.60. The van der Waals surface area contributed by atoms with Crippen molar-refractivity contribution in [1.82, 2.24) is 19.7 Å². The molecule has 2 aromatic heterocycles. The molecule has 4 rings (SSSR count). The molecule has 8 nitrogen and oxygen atoms in total. The molecule has 31 heavy (non-hydrogen) atoms. The van der Waals surface area contributed by atoms with Gasteiger partial charge in [0.1, 0.15) is 0 Å². The quantitative estimate of drug-likeness (QED) is 0.659. The highest BCUT2D eigenvalue weighted by atomic mass is 32.1. The smallest absolute Gasteiger partial charge is 0.310 e. The van der Waals surface area contributed by atoms with Gasteiger partial charge in [0, 0.05) is 43.5 Å². The lowest BCUT2D eigenvalue weighted by atomic mass is 9.92. The molecule has 0 bridgehead atoms. The molecule has 0 radical (unpaired) electrons. The molecule has 0 spiro atoms. The first kappa shape index (κ1) is 21.8. The molecule has 0 unspecified atom stereocenters. The van der Waals surface area contributed by atoms with Crippen LogP contribution < -0.4 is 4.90 Å². The molecule has 0 N–H and O–H groups in total. The van der Waals surface area contributed by atoms with E-state index in [1.807, 2.05) is 11.8 Å². The van der Waals surface area contributed by atoms with Gasteiger partial charge in [-0.2, -0.15) is 0 Å². The Morgan fingerprint density at radius 2 is 1.71 bits per heavy atom. The van der Waals surface area contributed by atoms with Crippen LogP contribution in [0, 0.1) is 25.7 Å². The third kappa shape index (κ3) is 4.61. The summed E-state index contributed by atoms with van der Waals surface area (Å²) in [5, 5.41) is 10.6. The predicted octanol–water partition coefficient (Wildman–Crippen LogP) is 2.96. The number of hydrogen-bond donors (Lipinski definition) is 0. The van der Waals surface area contributed by atoms with Crippen molar-refractivity contribution >= 4 is 28.3 Å². The molecule has 2 fully saturated rings. The Bertz CT molecular complexity index is 912. The van der Waals surface area contributed by atoms with Gasteiger partial charge in [-0.25, -0.2) is 0 Å². The number of rotatable bonds is 5. The number of aryl methyl sites for hydroxylation is 2. The number of piperidine rings is 2. The van der Waals surface area contributed by atoms with Crippen molar-refractivity contribution in [3.05, 3.63) is 23.5 Å². The zero-order valence-corrected chi connectivity index (χ0v) is 19.4. The van der Waals surface area contributed by atoms with Gasteiger partial charge in [0.25, 0.3) is 0 Å². The Balaban J connectivity index is 1.34. The molecule has 2 aromatic rings. The van der Waals surface area contributed by atoms with Crippen molar-refractivity contribution in [3.63, 3.8) is 0 Å². The van der Waals surface area contributed by atoms with Gasteiger partial charge in [0.05, 0.1) is 12.5 Å². The summed E-state index contributed by atoms with van der Waals surface area (Å²) in [4.78, 5) is 29.3. The van der Waals surface area contributed by atoms with Crippen molar-refractivity contribution in [2.75, 3.05) is 37.7 Å². The summed E-state index contributed by atoms with van der Waals surface area (Å²) in [6.45, 7) is 9.17. The monoisotopic (exact) mass is 445 g/mol. The standard InChI is InChI=1S/C22H31N5O3S/c1-4-30-20(29)18-6-5-11-26(14-18)19(28)17-9-12-25(13-10-17)21-23-24-22(31-21)27-15(2)7-8-16(27)3/h7-8,17-18H,4-6,9-14H2,1-3H3/t18-/m1/s1. The van der Waals surface area contributed by atoms with E-state index in [1.165, 1.54) is 0 Å². The second-order valence-electron chi connectivity index (χ2n) is 8.46. The summed E-state index contributed by atoms with van der Waals surface area (Å²) in [6, 6.07) is 4.17. The van der Waals surface area contributed by atoms with Crippen LogP contribution in [0.2, 0.25) is 0 Å². The van der Waals surface area contributed by atoms with Crippen LogP contribution in [0.25, 0.3) is 5.13 Å². The minimum absolute atomic E-state index is 0.0125. The highest BCUT2D eigenvalue weighted by Crippen LogP contribution is 2.30. The molecule has 2 aliphatic rings. The maximum Gasteiger partial charge on any atom is 0.310 e. The molecule has 1 atom stereocenters. The van der Waals surface area contributed by atoms with E-state index in [1.54, 1.807) is 11.3 Å². The normalized spacial score (nSPS) is 20.2. The fourth-order valence-electron chi connectivity index (χ4n) is 4.60. The number of carbonyl (C=O) groups excluding carboxylic acids is 2. The van der Waals surface area contributed by atoms with Gasteiger partial charge in [-0.05, 0) is 58.6 Å². The van der Waals surface area contributed by atoms with Crippen LogP contribution in [-0.4, -0.2) is 64.3 Å². The SMILES string of the molecule is CCOC(=O)[C@@H]1CCCN(C(=O)C2CCN(c3nnc(-n4c(C)ccc4C)s3)CC2)C1. The van der Waals surface area contributed by atoms with E-state index in [0.717, 1.165) is 67.0 Å². The number of carbonyl (C=O) groups is 2. The number of anilines is 1. The Morgan fingerprint density at radius 1 is 1.03 bits per heavy atom. The molecular weight excluding hydrogens is 414 g/mol. The molecule has 0 aliphatic carbocycles. The summed E-state index contributed by atoms with van der Waals surface area (Å²) < 4.78 is 7.28. The van der Waals surface area contributed by atoms with Crippen LogP contribution >= 0.6 is 11.3 Å². The number of likely N-dealkylation sites (tertiary alicyclic amines) is 1. The second kappa shape index (κ2) is 9.38. The second-order valence-corrected chi connectivity index (χ2v) is 9.39. The van der Waals surface area contributed by atoms with E-state index in [4.69, 9.17) is 4.74 Å². The van der Waals surface area contributed by atoms with Crippen LogP contribution in [0.5, 0.6) is 0 Å². The van der Waals surface area contributed by atoms with Gasteiger partial charge in [-0.15, -0.1) is 10.2 Å². The zero-order valence-electron chi connectivity index (χ0n) is 18.5. The molecule has 1 amide bonds. The fourth-order valence-corrected chi connectivity index (χ4v) is 5.62. The average Bonchev–Trinajstić information content (AvgIpc) is 3.39. The number of nitrogens with zero attached hydrogens (tertiary/aromatic N) is 5. The first-order valence-electron chi connectivity index (χ1n) is 11.2. The van der Waals surface area contributed by atoms with Crippen molar-refractivity contribution in [2.24, 2.45) is 11.8 Å². The van der Waals surface area contributed by atoms with Crippen molar-refractivity contribution in [3.8, 4) is 5.13 Å². The maximum absolute atomic E-state index is 13.1. The summed E-state index contributed by atoms with van der Waals surface area (Å²) in [7, 11) is 0. The Morgan fingerprint density at radius 3 is 2.39 bits per heavy atom. The van der Waals surface area contributed by atoms with Gasteiger partial charge in [0.15, 0.2) is 0 Å². The first-order valence-corrected chi connectivity index (χ1v) is 12.0. The lowest BCUT2D eigenvalue weighted by molar-refractivity contribution is -0.152. The van der Waals surface area contributed by atoms with E-state index in [2.05, 4.69) is 45.6 Å². The molecule has 168 valence electrons. The van der Waals surface area contributed by atoms with Crippen molar-refractivity contribution < 1.29 is 14.3 Å². The molecule has 4 heterocycles. The van der Waals surface area contributed by atoms with Crippen molar-refractivity contribution in [1.29, 1.82) is 0 Å². The largest absolute Gasteiger partial charge is 0.466 e. The highest BCUT2D eigenvalue weighted by molar-refractivity contribution is 7.17. The van der Waals surface area contributed by atoms with Gasteiger partial charge in [-0.1, -0.05) is 11.3 Å². The van der Waals surface area contributed by atoms with E-state index in [9.17, 15) is 9.59 Å². The first-order chi connectivity index (χ1) is 15.0. The van der Waals surface area contributed by atoms with E-state index in [0.29, 0.717) is 13.2 Å². The minimum Gasteiger partial charge on any atom is -0.466 e. The van der Waals surface area contributed by atoms with Gasteiger partial charge < -0.3 is 14.5 Å². The lowest BCUT2D eigenvalue weighted by Crippen LogP contribution is -2.47. The zero-order chi connectivity index (χ0) is 22.0. The lowest BCUT2D eigenvalue weighted by Gasteiger charge is -2.37. The Labute approximate surface area is 187 Å². The predicted molar refractivity (Wildman–Crippen MR) is 120 cm³/mol. The van der Waals surface area contributed by atoms with Crippen LogP contribution in [0.15, 0.2) is 12.1 Å². The van der Waals surface area contributed by atoms with Crippen molar-refractivity contribution in [2.45, 2.75) is 46.5 Å². The topological polar surface area (TPSA) is 80.6 Å². The van der Waals surface area contributed by atoms with Crippen LogP contribution in [-0.2, 0) is 14.3 Å². The fraction of sp³-hybridized carbons (Fsp3) is 0.636. The number of esters is 1. The average molecular weight is 446 g/mol. The number of ether oxygens (including phenoxy) is 1. The molecule has 2 saturated heterocycles. The Hall–Kier alpha value is -2.42. The molecule has 2 aliphatic heterocycles. The van der Waals surface area contributed by atoms with Crippen LogP contribution in [0.1, 0.15) is 44.0 Å². The maximum atomic E-state index is 13.1. The molecule has 0 aromatic carbocycles. The van der Waals surface area contributed by atoms with E-state index in [-0.39, 0.29) is 23.7 Å². The third-order valence-corrected chi connectivity index (χ3v) is 7.30. The highest BCUT2D eigenvalue weighted by Gasteiger charge is 2.34. The van der Waals surface area contributed by atoms with Gasteiger partial charge in [-0.3, -0.25) is 14.2 Å². The van der Waals surface area contributed by atoms with E-state index < -0.39 is 0 Å². The summed E-state index contributed by atoms with van der Waals surface area (Å²) in [5.74, 6) is -0.156. The molecule has 0 saturated carbocycles. The van der Waals surface area contributed by atoms with Gasteiger partial charge in [0.2, 0.25) is 16.2 Å². The third-order valence-electron chi connectivity index (χ3n) is 6.33. The minimum atomic E-state index is -0.182. The van der Waals surface area contributed by atoms with E-state index >= 15 is 0 Å². The molecule has 9 heteroatoms. The van der Waals surface area contributed by atoms with Crippen LogP contribution in [0.4, 0.5) is 5.13 Å². The summed E-state index contributed by atoms with van der Waals surface area (Å²) in [6.07, 6.45) is 3.27. The molecular formula is C22H31N5O3S. The van der Waals surface area contributed by atoms with Crippen LogP contribution in [0.3, 0.4) is 0 Å². The summed E-state index contributed by atoms with van der Waals surface area (Å²) >= 11 is 1.59. The number of amides is 1. The number of aromatic nitrogens is 3. The number of hydrogen-bond acceptors (Lipinski definition) is 7. The van der Waals surface area contributed by atoms with Gasteiger partial charge >= 0.3 is 5.97 Å². The summed E-state index contributed by atoms with van der Waals surface area (Å²) in [5.41, 5.74) is 2.29.